The Morgan fingerprint density at radius 1 is 1.45 bits per heavy atom. The van der Waals surface area contributed by atoms with E-state index in [1.54, 1.807) is 0 Å². The van der Waals surface area contributed by atoms with Crippen LogP contribution in [0.5, 0.6) is 0 Å². The van der Waals surface area contributed by atoms with E-state index in [-0.39, 0.29) is 11.9 Å². The maximum absolute atomic E-state index is 11.9. The van der Waals surface area contributed by atoms with Crippen LogP contribution in [0.15, 0.2) is 42.7 Å². The average Bonchev–Trinajstić information content (AvgIpc) is 2.95. The highest BCUT2D eigenvalue weighted by atomic mass is 16.1. The van der Waals surface area contributed by atoms with Crippen molar-refractivity contribution in [3.05, 3.63) is 54.1 Å². The van der Waals surface area contributed by atoms with Crippen LogP contribution in [0.4, 0.5) is 0 Å². The number of imidazole rings is 1. The van der Waals surface area contributed by atoms with Crippen LogP contribution in [0, 0.1) is 5.92 Å². The maximum Gasteiger partial charge on any atom is 0.239 e. The fourth-order valence-electron chi connectivity index (χ4n) is 3.37. The lowest BCUT2D eigenvalue weighted by molar-refractivity contribution is -0.123. The molecule has 5 nitrogen and oxygen atoms in total. The number of primary amides is 1. The molecule has 1 aliphatic rings. The Morgan fingerprint density at radius 2 is 2.23 bits per heavy atom. The molecule has 3 rings (SSSR count). The molecule has 0 spiro atoms. The lowest BCUT2D eigenvalue weighted by Gasteiger charge is -2.32. The van der Waals surface area contributed by atoms with Gasteiger partial charge < -0.3 is 10.3 Å². The first-order chi connectivity index (χ1) is 10.6. The lowest BCUT2D eigenvalue weighted by Crippen LogP contribution is -2.39. The highest BCUT2D eigenvalue weighted by molar-refractivity contribution is 5.81. The van der Waals surface area contributed by atoms with Crippen molar-refractivity contribution in [2.45, 2.75) is 25.4 Å². The third kappa shape index (κ3) is 3.04. The van der Waals surface area contributed by atoms with Crippen LogP contribution < -0.4 is 5.73 Å². The molecule has 5 heteroatoms. The van der Waals surface area contributed by atoms with Gasteiger partial charge in [-0.05, 0) is 24.9 Å². The van der Waals surface area contributed by atoms with Crippen molar-refractivity contribution in [3.63, 3.8) is 0 Å². The summed E-state index contributed by atoms with van der Waals surface area (Å²) in [6, 6.07) is 9.38. The highest BCUT2D eigenvalue weighted by Gasteiger charge is 2.27. The number of amides is 1. The second kappa shape index (κ2) is 6.32. The fourth-order valence-corrected chi connectivity index (χ4v) is 3.37. The summed E-state index contributed by atoms with van der Waals surface area (Å²) in [6.45, 7) is 1.81. The van der Waals surface area contributed by atoms with Crippen LogP contribution in [0.3, 0.4) is 0 Å². The summed E-state index contributed by atoms with van der Waals surface area (Å²) in [5.41, 5.74) is 6.59. The molecule has 2 aromatic rings. The van der Waals surface area contributed by atoms with Gasteiger partial charge in [-0.3, -0.25) is 9.69 Å². The van der Waals surface area contributed by atoms with Crippen molar-refractivity contribution >= 4 is 5.91 Å². The maximum atomic E-state index is 11.9. The van der Waals surface area contributed by atoms with E-state index in [0.29, 0.717) is 5.92 Å². The monoisotopic (exact) mass is 298 g/mol. The number of rotatable bonds is 5. The second-order valence-corrected chi connectivity index (χ2v) is 6.06. The fraction of sp³-hybridized carbons (Fsp3) is 0.412. The van der Waals surface area contributed by atoms with Crippen LogP contribution in [0.1, 0.15) is 23.9 Å². The number of nitrogens with two attached hydrogens (primary N) is 1. The summed E-state index contributed by atoms with van der Waals surface area (Å²) in [4.78, 5) is 18.3. The number of aryl methyl sites for hydroxylation is 1. The third-order valence-corrected chi connectivity index (χ3v) is 4.40. The quantitative estimate of drug-likeness (QED) is 0.912. The Bertz CT molecular complexity index is 637. The topological polar surface area (TPSA) is 64.2 Å². The number of benzene rings is 1. The smallest absolute Gasteiger partial charge is 0.239 e. The van der Waals surface area contributed by atoms with Gasteiger partial charge in [-0.25, -0.2) is 4.98 Å². The van der Waals surface area contributed by atoms with Gasteiger partial charge in [0, 0.05) is 31.9 Å². The zero-order chi connectivity index (χ0) is 15.5. The zero-order valence-corrected chi connectivity index (χ0v) is 12.9. The summed E-state index contributed by atoms with van der Waals surface area (Å²) in [5, 5.41) is 0. The van der Waals surface area contributed by atoms with Crippen molar-refractivity contribution in [1.82, 2.24) is 14.5 Å². The van der Waals surface area contributed by atoms with Gasteiger partial charge in [0.15, 0.2) is 0 Å². The first-order valence-electron chi connectivity index (χ1n) is 7.69. The Kier molecular flexibility index (Phi) is 4.24. The predicted molar refractivity (Wildman–Crippen MR) is 85.0 cm³/mol. The van der Waals surface area contributed by atoms with E-state index in [0.717, 1.165) is 37.3 Å². The SMILES string of the molecule is CN(C[C@H]1CCc2nccn2C1)[C@@H](C(N)=O)c1ccccc1. The number of aromatic nitrogens is 2. The highest BCUT2D eigenvalue weighted by Crippen LogP contribution is 2.24. The van der Waals surface area contributed by atoms with Gasteiger partial charge in [0.05, 0.1) is 0 Å². The van der Waals surface area contributed by atoms with Crippen LogP contribution in [-0.4, -0.2) is 34.0 Å². The number of nitrogens with zero attached hydrogens (tertiary/aromatic N) is 3. The van der Waals surface area contributed by atoms with E-state index in [2.05, 4.69) is 14.5 Å². The Morgan fingerprint density at radius 3 is 2.95 bits per heavy atom. The number of carbonyl (C=O) groups excluding carboxylic acids is 1. The minimum atomic E-state index is -0.370. The van der Waals surface area contributed by atoms with Crippen molar-refractivity contribution in [2.24, 2.45) is 11.7 Å². The van der Waals surface area contributed by atoms with Crippen molar-refractivity contribution < 1.29 is 4.79 Å². The molecule has 2 N–H and O–H groups in total. The second-order valence-electron chi connectivity index (χ2n) is 6.06. The van der Waals surface area contributed by atoms with E-state index in [4.69, 9.17) is 5.73 Å². The molecular weight excluding hydrogens is 276 g/mol. The van der Waals surface area contributed by atoms with Crippen molar-refractivity contribution in [1.29, 1.82) is 0 Å². The molecule has 116 valence electrons. The van der Waals surface area contributed by atoms with E-state index < -0.39 is 0 Å². The molecule has 1 aromatic heterocycles. The average molecular weight is 298 g/mol. The van der Waals surface area contributed by atoms with Gasteiger partial charge in [0.2, 0.25) is 5.91 Å². The molecule has 0 radical (unpaired) electrons. The first kappa shape index (κ1) is 14.8. The van der Waals surface area contributed by atoms with Gasteiger partial charge in [-0.1, -0.05) is 30.3 Å². The molecule has 2 heterocycles. The molecule has 2 atom stereocenters. The summed E-state index contributed by atoms with van der Waals surface area (Å²) in [7, 11) is 1.98. The number of fused-ring (bicyclic) bond motifs is 1. The van der Waals surface area contributed by atoms with Gasteiger partial charge in [0.1, 0.15) is 11.9 Å². The summed E-state index contributed by atoms with van der Waals surface area (Å²) in [6.07, 6.45) is 5.99. The van der Waals surface area contributed by atoms with Gasteiger partial charge in [0.25, 0.3) is 0 Å². The molecule has 0 saturated heterocycles. The minimum Gasteiger partial charge on any atom is -0.368 e. The van der Waals surface area contributed by atoms with E-state index in [1.165, 1.54) is 0 Å². The molecule has 1 amide bonds. The van der Waals surface area contributed by atoms with Crippen LogP contribution in [0.2, 0.25) is 0 Å². The molecule has 1 aliphatic heterocycles. The normalized spacial score (nSPS) is 18.9. The standard InChI is InChI=1S/C17H22N4O/c1-20(16(17(18)22)14-5-3-2-4-6-14)11-13-7-8-15-19-9-10-21(15)12-13/h2-6,9-10,13,16H,7-8,11-12H2,1H3,(H2,18,22)/t13-,16-/m1/s1. The van der Waals surface area contributed by atoms with Crippen LogP contribution in [0.25, 0.3) is 0 Å². The Balaban J connectivity index is 1.70. The van der Waals surface area contributed by atoms with Crippen LogP contribution >= 0.6 is 0 Å². The molecule has 0 unspecified atom stereocenters. The van der Waals surface area contributed by atoms with E-state index in [9.17, 15) is 4.79 Å². The molecule has 0 saturated carbocycles. The summed E-state index contributed by atoms with van der Waals surface area (Å²) >= 11 is 0. The number of hydrogen-bond donors (Lipinski definition) is 1. The summed E-state index contributed by atoms with van der Waals surface area (Å²) < 4.78 is 2.21. The predicted octanol–water partition coefficient (Wildman–Crippen LogP) is 1.60. The number of likely N-dealkylation sites (N-methyl/N-ethyl adjacent to an activating group) is 1. The van der Waals surface area contributed by atoms with Crippen LogP contribution in [-0.2, 0) is 17.8 Å². The molecular formula is C17H22N4O. The third-order valence-electron chi connectivity index (χ3n) is 4.40. The van der Waals surface area contributed by atoms with Gasteiger partial charge in [-0.2, -0.15) is 0 Å². The molecule has 22 heavy (non-hydrogen) atoms. The van der Waals surface area contributed by atoms with Crippen molar-refractivity contribution in [3.8, 4) is 0 Å². The van der Waals surface area contributed by atoms with E-state index in [1.807, 2.05) is 49.8 Å². The largest absolute Gasteiger partial charge is 0.368 e. The zero-order valence-electron chi connectivity index (χ0n) is 12.9. The Hall–Kier alpha value is -2.14. The number of carbonyl (C=O) groups is 1. The molecule has 0 fully saturated rings. The first-order valence-corrected chi connectivity index (χ1v) is 7.69. The molecule has 1 aromatic carbocycles. The van der Waals surface area contributed by atoms with Gasteiger partial charge >= 0.3 is 0 Å². The number of hydrogen-bond acceptors (Lipinski definition) is 3. The lowest BCUT2D eigenvalue weighted by atomic mass is 9.97. The van der Waals surface area contributed by atoms with Crippen molar-refractivity contribution in [2.75, 3.05) is 13.6 Å². The summed E-state index contributed by atoms with van der Waals surface area (Å²) in [5.74, 6) is 1.37. The molecule has 0 bridgehead atoms. The van der Waals surface area contributed by atoms with E-state index >= 15 is 0 Å². The van der Waals surface area contributed by atoms with Gasteiger partial charge in [-0.15, -0.1) is 0 Å². The minimum absolute atomic E-state index is 0.298. The molecule has 0 aliphatic carbocycles. The Labute approximate surface area is 130 Å².